The van der Waals surface area contributed by atoms with Crippen molar-refractivity contribution < 1.29 is 32.7 Å². The predicted octanol–water partition coefficient (Wildman–Crippen LogP) is 7.00. The summed E-state index contributed by atoms with van der Waals surface area (Å²) in [5.74, 6) is -0.558. The summed E-state index contributed by atoms with van der Waals surface area (Å²) in [7, 11) is -3.15. The van der Waals surface area contributed by atoms with Crippen LogP contribution in [0, 0.1) is 33.1 Å². The molecule has 0 atom stereocenters. The molecule has 0 aromatic heterocycles. The van der Waals surface area contributed by atoms with Crippen LogP contribution < -0.4 is 14.0 Å². The molecule has 224 valence electrons. The zero-order valence-electron chi connectivity index (χ0n) is 24.7. The Morgan fingerprint density at radius 1 is 0.750 bits per heavy atom. The van der Waals surface area contributed by atoms with Gasteiger partial charge in [0, 0.05) is 11.3 Å². The van der Waals surface area contributed by atoms with Crippen molar-refractivity contribution in [2.45, 2.75) is 38.5 Å². The van der Waals surface area contributed by atoms with Gasteiger partial charge in [0.1, 0.15) is 16.4 Å². The van der Waals surface area contributed by atoms with Gasteiger partial charge in [-0.3, -0.25) is 0 Å². The van der Waals surface area contributed by atoms with Gasteiger partial charge in [0.15, 0.2) is 16.5 Å². The van der Waals surface area contributed by atoms with Gasteiger partial charge in [-0.25, -0.2) is 0 Å². The number of aryl methyl sites for hydroxylation is 4. The molecular formula is C34H30N2O7S. The van der Waals surface area contributed by atoms with E-state index < -0.39 is 21.6 Å². The van der Waals surface area contributed by atoms with Crippen LogP contribution in [0.15, 0.2) is 77.7 Å². The van der Waals surface area contributed by atoms with Gasteiger partial charge in [0.25, 0.3) is 0 Å². The Balaban J connectivity index is 1.64. The van der Waals surface area contributed by atoms with Crippen LogP contribution in [0.1, 0.15) is 44.9 Å². The second kappa shape index (κ2) is 11.4. The number of aromatic hydroxyl groups is 2. The molecule has 0 aliphatic rings. The van der Waals surface area contributed by atoms with E-state index in [0.717, 1.165) is 22.8 Å². The van der Waals surface area contributed by atoms with Crippen molar-refractivity contribution >= 4 is 26.6 Å². The minimum Gasteiger partial charge on any atom is -0.867 e. The zero-order chi connectivity index (χ0) is 31.9. The van der Waals surface area contributed by atoms with Gasteiger partial charge in [-0.1, -0.05) is 54.6 Å². The van der Waals surface area contributed by atoms with E-state index in [2.05, 4.69) is 4.98 Å². The first kappa shape index (κ1) is 30.2. The number of hydrogen-bond donors (Lipinski definition) is 2. The fourth-order valence-corrected chi connectivity index (χ4v) is 6.73. The summed E-state index contributed by atoms with van der Waals surface area (Å²) in [6, 6.07) is 19.5. The molecule has 0 aliphatic heterocycles. The van der Waals surface area contributed by atoms with Crippen LogP contribution in [0.5, 0.6) is 28.7 Å². The van der Waals surface area contributed by atoms with Crippen molar-refractivity contribution in [1.29, 1.82) is 5.39 Å². The van der Waals surface area contributed by atoms with E-state index in [1.807, 2.05) is 52.0 Å². The number of diazo groups is 1. The highest BCUT2D eigenvalue weighted by molar-refractivity contribution is 7.87. The van der Waals surface area contributed by atoms with E-state index in [0.29, 0.717) is 22.3 Å². The molecule has 44 heavy (non-hydrogen) atoms. The van der Waals surface area contributed by atoms with Crippen molar-refractivity contribution in [2.24, 2.45) is 0 Å². The third kappa shape index (κ3) is 5.34. The molecule has 0 saturated carbocycles. The topological polar surface area (TPSA) is 144 Å². The van der Waals surface area contributed by atoms with E-state index >= 15 is 0 Å². The fraction of sp³-hybridized carbons (Fsp3) is 0.176. The average molecular weight is 611 g/mol. The molecule has 0 spiro atoms. The molecule has 5 rings (SSSR count). The molecule has 0 heterocycles. The highest BCUT2D eigenvalue weighted by Crippen LogP contribution is 2.43. The predicted molar refractivity (Wildman–Crippen MR) is 165 cm³/mol. The van der Waals surface area contributed by atoms with Gasteiger partial charge in [-0.05, 0) is 89.9 Å². The maximum Gasteiger partial charge on any atom is 0.379 e. The molecule has 0 fully saturated rings. The molecule has 5 aromatic rings. The van der Waals surface area contributed by atoms with E-state index in [9.17, 15) is 29.1 Å². The molecular weight excluding hydrogens is 580 g/mol. The fourth-order valence-electron chi connectivity index (χ4n) is 5.57. The Morgan fingerprint density at radius 2 is 1.27 bits per heavy atom. The summed E-state index contributed by atoms with van der Waals surface area (Å²) < 4.78 is 38.3. The van der Waals surface area contributed by atoms with E-state index in [4.69, 9.17) is 8.92 Å². The van der Waals surface area contributed by atoms with E-state index in [-0.39, 0.29) is 44.6 Å². The molecule has 0 aliphatic carbocycles. The first-order chi connectivity index (χ1) is 20.9. The second-order valence-corrected chi connectivity index (χ2v) is 12.3. The number of fused-ring (bicyclic) bond motifs is 1. The quantitative estimate of drug-likeness (QED) is 0.114. The SMILES string of the molecule is COc1cc(C(c2cc(C)c(O)c(C)c2)c2cc(C)c(O)c(C)c2)ccc1OS(=O)(=O)c1cc([N+]#N)c([O-])c2ccccc12. The lowest BCUT2D eigenvalue weighted by molar-refractivity contribution is -0.264. The van der Waals surface area contributed by atoms with Crippen LogP contribution in [0.3, 0.4) is 0 Å². The number of nitrogens with zero attached hydrogens (tertiary/aromatic N) is 2. The molecule has 0 amide bonds. The Labute approximate surface area is 255 Å². The number of methoxy groups -OCH3 is 1. The van der Waals surface area contributed by atoms with Gasteiger partial charge in [0.05, 0.1) is 13.2 Å². The maximum absolute atomic E-state index is 13.6. The lowest BCUT2D eigenvalue weighted by Gasteiger charge is -2.23. The first-order valence-corrected chi connectivity index (χ1v) is 15.1. The van der Waals surface area contributed by atoms with Crippen LogP contribution in [-0.4, -0.2) is 25.7 Å². The second-order valence-electron chi connectivity index (χ2n) is 10.8. The number of hydrogen-bond acceptors (Lipinski definition) is 8. The largest absolute Gasteiger partial charge is 0.867 e. The summed E-state index contributed by atoms with van der Waals surface area (Å²) in [4.78, 5) is 2.63. The van der Waals surface area contributed by atoms with E-state index in [1.165, 1.54) is 25.3 Å². The van der Waals surface area contributed by atoms with Crippen LogP contribution in [0.25, 0.3) is 15.7 Å². The van der Waals surface area contributed by atoms with Crippen molar-refractivity contribution in [3.63, 3.8) is 0 Å². The molecule has 0 bridgehead atoms. The Bertz CT molecular complexity index is 2000. The molecule has 10 heteroatoms. The lowest BCUT2D eigenvalue weighted by Crippen LogP contribution is -2.12. The summed E-state index contributed by atoms with van der Waals surface area (Å²) in [5.41, 5.74) is 4.82. The van der Waals surface area contributed by atoms with Gasteiger partial charge in [-0.2, -0.15) is 8.42 Å². The number of ether oxygens (including phenoxy) is 1. The Hall–Kier alpha value is -5.27. The number of rotatable bonds is 7. The third-order valence-corrected chi connectivity index (χ3v) is 9.00. The molecule has 0 saturated heterocycles. The number of phenols is 2. The molecule has 0 unspecified atom stereocenters. The summed E-state index contributed by atoms with van der Waals surface area (Å²) >= 11 is 0. The molecule has 9 nitrogen and oxygen atoms in total. The Morgan fingerprint density at radius 3 is 1.77 bits per heavy atom. The third-order valence-electron chi connectivity index (χ3n) is 7.73. The first-order valence-electron chi connectivity index (χ1n) is 13.7. The number of phenolic OH excluding ortho intramolecular Hbond substituents is 2. The van der Waals surface area contributed by atoms with Gasteiger partial charge >= 0.3 is 15.8 Å². The monoisotopic (exact) mass is 610 g/mol. The van der Waals surface area contributed by atoms with Crippen LogP contribution >= 0.6 is 0 Å². The number of benzene rings is 5. The average Bonchev–Trinajstić information content (AvgIpc) is 2.99. The molecule has 0 radical (unpaired) electrons. The van der Waals surface area contributed by atoms with Gasteiger partial charge in [0.2, 0.25) is 5.39 Å². The van der Waals surface area contributed by atoms with Crippen LogP contribution in [-0.2, 0) is 10.1 Å². The maximum atomic E-state index is 13.6. The lowest BCUT2D eigenvalue weighted by atomic mass is 9.82. The Kier molecular flexibility index (Phi) is 7.84. The van der Waals surface area contributed by atoms with Crippen molar-refractivity contribution in [3.05, 3.63) is 117 Å². The standard InChI is InChI=1S/C34H30N2O7S/c1-18-12-23(13-19(2)32(18)37)31(24-14-20(3)33(38)21(4)15-24)22-10-11-28(29(16-22)42-5)43-44(40,41)30-17-27(36-35)34(39)26-9-7-6-8-25(26)30/h6-17,31H,1-5H3,(H2-,37,38,39). The highest BCUT2D eigenvalue weighted by atomic mass is 32.2. The smallest absolute Gasteiger partial charge is 0.379 e. The summed E-state index contributed by atoms with van der Waals surface area (Å²) in [5, 5.41) is 43.1. The summed E-state index contributed by atoms with van der Waals surface area (Å²) in [6.07, 6.45) is 0. The van der Waals surface area contributed by atoms with E-state index in [1.54, 1.807) is 24.3 Å². The minimum atomic E-state index is -4.54. The summed E-state index contributed by atoms with van der Waals surface area (Å²) in [6.45, 7) is 7.27. The highest BCUT2D eigenvalue weighted by Gasteiger charge is 2.28. The van der Waals surface area contributed by atoms with Crippen LogP contribution in [0.2, 0.25) is 0 Å². The zero-order valence-corrected chi connectivity index (χ0v) is 25.6. The normalized spacial score (nSPS) is 11.5. The van der Waals surface area contributed by atoms with Crippen molar-refractivity contribution in [1.82, 2.24) is 0 Å². The van der Waals surface area contributed by atoms with Crippen molar-refractivity contribution in [2.75, 3.05) is 7.11 Å². The van der Waals surface area contributed by atoms with Gasteiger partial charge in [-0.15, -0.1) is 0 Å². The molecule has 2 N–H and O–H groups in total. The minimum absolute atomic E-state index is 0.0640. The van der Waals surface area contributed by atoms with Crippen molar-refractivity contribution in [3.8, 4) is 28.7 Å². The molecule has 5 aromatic carbocycles. The van der Waals surface area contributed by atoms with Crippen LogP contribution in [0.4, 0.5) is 5.69 Å². The van der Waals surface area contributed by atoms with Gasteiger partial charge < -0.3 is 24.2 Å².